The van der Waals surface area contributed by atoms with Gasteiger partial charge in [0.2, 0.25) is 0 Å². The Hall–Kier alpha value is -3.12. The Bertz CT molecular complexity index is 1870. The summed E-state index contributed by atoms with van der Waals surface area (Å²) in [5.41, 5.74) is 5.38. The Morgan fingerprint density at radius 2 is 1.52 bits per heavy atom. The van der Waals surface area contributed by atoms with Crippen molar-refractivity contribution in [2.75, 3.05) is 5.73 Å². The smallest absolute Gasteiger partial charge is 0.295 e. The van der Waals surface area contributed by atoms with Gasteiger partial charge in [-0.2, -0.15) is 16.8 Å². The number of rotatable bonds is 10. The third kappa shape index (κ3) is 6.12. The average molecular weight is 634 g/mol. The van der Waals surface area contributed by atoms with Crippen LogP contribution in [0.5, 0.6) is 5.75 Å². The summed E-state index contributed by atoms with van der Waals surface area (Å²) in [4.78, 5) is -1.00. The number of hydrogen-bond donors (Lipinski definition) is 6. The SMILES string of the molecule is Nc1cc(S(=O)(=O)O)cc2cc(SOOO)c(N=Nc3ccc4c(S(=O)(=O)O)cccc4c3SOOO)c(O)c12. The second-order valence-electron chi connectivity index (χ2n) is 7.55. The molecule has 0 aliphatic rings. The van der Waals surface area contributed by atoms with Crippen molar-refractivity contribution in [2.45, 2.75) is 19.6 Å². The van der Waals surface area contributed by atoms with E-state index in [2.05, 4.69) is 29.0 Å². The van der Waals surface area contributed by atoms with Crippen LogP contribution in [0.3, 0.4) is 0 Å². The van der Waals surface area contributed by atoms with E-state index in [0.29, 0.717) is 24.1 Å². The van der Waals surface area contributed by atoms with Crippen molar-refractivity contribution in [1.82, 2.24) is 0 Å². The minimum atomic E-state index is -4.66. The first-order chi connectivity index (χ1) is 18.9. The van der Waals surface area contributed by atoms with Crippen LogP contribution in [0.15, 0.2) is 78.3 Å². The largest absolute Gasteiger partial charge is 0.505 e. The van der Waals surface area contributed by atoms with Gasteiger partial charge in [0.25, 0.3) is 20.2 Å². The van der Waals surface area contributed by atoms with Crippen LogP contribution in [0, 0.1) is 0 Å². The van der Waals surface area contributed by atoms with Gasteiger partial charge in [0.15, 0.2) is 5.75 Å². The van der Waals surface area contributed by atoms with Gasteiger partial charge in [-0.05, 0) is 35.7 Å². The lowest BCUT2D eigenvalue weighted by atomic mass is 10.1. The second-order valence-corrected chi connectivity index (χ2v) is 11.8. The summed E-state index contributed by atoms with van der Waals surface area (Å²) < 4.78 is 74.8. The van der Waals surface area contributed by atoms with Crippen molar-refractivity contribution in [2.24, 2.45) is 10.2 Å². The van der Waals surface area contributed by atoms with E-state index in [1.807, 2.05) is 0 Å². The molecule has 16 nitrogen and oxygen atoms in total. The van der Waals surface area contributed by atoms with Crippen molar-refractivity contribution in [3.8, 4) is 5.75 Å². The molecule has 0 spiro atoms. The van der Waals surface area contributed by atoms with Gasteiger partial charge in [0.05, 0.1) is 38.8 Å². The highest BCUT2D eigenvalue weighted by Crippen LogP contribution is 2.47. The molecule has 20 heteroatoms. The monoisotopic (exact) mass is 633 g/mol. The number of aromatic hydroxyl groups is 1. The van der Waals surface area contributed by atoms with Crippen LogP contribution in [-0.4, -0.2) is 41.6 Å². The summed E-state index contributed by atoms with van der Waals surface area (Å²) in [5, 5.41) is 43.8. The number of azo groups is 1. The zero-order valence-corrected chi connectivity index (χ0v) is 22.5. The number of hydrogen-bond acceptors (Lipinski definition) is 16. The summed E-state index contributed by atoms with van der Waals surface area (Å²) in [6.45, 7) is 0. The molecule has 4 aromatic carbocycles. The first-order valence-corrected chi connectivity index (χ1v) is 14.5. The van der Waals surface area contributed by atoms with Gasteiger partial charge in [0, 0.05) is 21.8 Å². The van der Waals surface area contributed by atoms with Crippen LogP contribution in [0.2, 0.25) is 0 Å². The van der Waals surface area contributed by atoms with E-state index in [-0.39, 0.29) is 48.4 Å². The molecule has 0 radical (unpaired) electrons. The van der Waals surface area contributed by atoms with E-state index in [9.17, 15) is 31.0 Å². The van der Waals surface area contributed by atoms with E-state index in [1.165, 1.54) is 30.3 Å². The molecule has 0 atom stereocenters. The predicted octanol–water partition coefficient (Wildman–Crippen LogP) is 5.05. The lowest BCUT2D eigenvalue weighted by molar-refractivity contribution is -0.432. The predicted molar refractivity (Wildman–Crippen MR) is 139 cm³/mol. The number of phenolic OH excluding ortho intramolecular Hbond substituents is 1. The minimum absolute atomic E-state index is 0.00787. The lowest BCUT2D eigenvalue weighted by Crippen LogP contribution is -2.00. The highest BCUT2D eigenvalue weighted by atomic mass is 32.2. The normalized spacial score (nSPS) is 12.6. The Morgan fingerprint density at radius 1 is 0.825 bits per heavy atom. The van der Waals surface area contributed by atoms with E-state index in [4.69, 9.17) is 16.2 Å². The van der Waals surface area contributed by atoms with Gasteiger partial charge in [-0.3, -0.25) is 9.11 Å². The molecule has 0 heterocycles. The van der Waals surface area contributed by atoms with Crippen LogP contribution in [-0.2, 0) is 39.0 Å². The van der Waals surface area contributed by atoms with Crippen LogP contribution in [0.1, 0.15) is 0 Å². The molecular weight excluding hydrogens is 618 g/mol. The molecule has 0 aliphatic carbocycles. The molecule has 0 fully saturated rings. The molecule has 0 bridgehead atoms. The summed E-state index contributed by atoms with van der Waals surface area (Å²) in [6.07, 6.45) is 0. The van der Waals surface area contributed by atoms with Crippen molar-refractivity contribution >= 4 is 82.9 Å². The van der Waals surface area contributed by atoms with E-state index in [0.717, 1.165) is 18.2 Å². The first-order valence-electron chi connectivity index (χ1n) is 10.2. The van der Waals surface area contributed by atoms with Crippen LogP contribution in [0.4, 0.5) is 17.1 Å². The molecule has 4 rings (SSSR count). The molecular formula is C20H15N3O13S4. The molecule has 0 saturated carbocycles. The zero-order chi connectivity index (χ0) is 29.2. The fraction of sp³-hybridized carbons (Fsp3) is 0. The standard InChI is InChI=1S/C20H15N3O13S4/c21-13-8-10(39(27,28)29)6-9-7-15(37-35-33-25)18(19(24)17(9)13)23-22-14-5-4-11-12(20(14)38-36-34-26)2-1-3-16(11)40(30,31)32/h1-8,24-26H,21H2,(H,27,28,29)(H,30,31,32). The number of phenols is 1. The third-order valence-corrected chi connectivity index (χ3v) is 8.33. The van der Waals surface area contributed by atoms with Crippen molar-refractivity contribution in [3.63, 3.8) is 0 Å². The summed E-state index contributed by atoms with van der Waals surface area (Å²) in [6, 6.07) is 9.72. The number of anilines is 1. The molecule has 0 aliphatic heterocycles. The molecule has 40 heavy (non-hydrogen) atoms. The number of nitrogens with two attached hydrogens (primary N) is 1. The molecule has 0 amide bonds. The van der Waals surface area contributed by atoms with Gasteiger partial charge < -0.3 is 10.8 Å². The lowest BCUT2D eigenvalue weighted by Gasteiger charge is -2.12. The fourth-order valence-electron chi connectivity index (χ4n) is 3.69. The molecule has 212 valence electrons. The van der Waals surface area contributed by atoms with Gasteiger partial charge in [0.1, 0.15) is 16.3 Å². The summed E-state index contributed by atoms with van der Waals surface area (Å²) in [7, 11) is -9.28. The van der Waals surface area contributed by atoms with Crippen LogP contribution < -0.4 is 5.73 Å². The Balaban J connectivity index is 1.93. The molecule has 0 unspecified atom stereocenters. The van der Waals surface area contributed by atoms with E-state index in [1.54, 1.807) is 0 Å². The van der Waals surface area contributed by atoms with Crippen LogP contribution >= 0.6 is 24.1 Å². The average Bonchev–Trinajstić information content (AvgIpc) is 2.88. The van der Waals surface area contributed by atoms with Gasteiger partial charge >= 0.3 is 0 Å². The Morgan fingerprint density at radius 3 is 2.17 bits per heavy atom. The maximum absolute atomic E-state index is 11.8. The summed E-state index contributed by atoms with van der Waals surface area (Å²) >= 11 is 0.753. The topological polar surface area (TPSA) is 257 Å². The fourth-order valence-corrected chi connectivity index (χ4v) is 6.00. The number of nitrogens with zero attached hydrogens (tertiary/aromatic N) is 2. The van der Waals surface area contributed by atoms with Gasteiger partial charge in [-0.15, -0.1) is 18.9 Å². The molecule has 7 N–H and O–H groups in total. The third-order valence-electron chi connectivity index (χ3n) is 5.24. The van der Waals surface area contributed by atoms with E-state index >= 15 is 0 Å². The maximum Gasteiger partial charge on any atom is 0.295 e. The van der Waals surface area contributed by atoms with Gasteiger partial charge in [-0.1, -0.05) is 28.3 Å². The van der Waals surface area contributed by atoms with Gasteiger partial charge in [-0.25, -0.2) is 10.5 Å². The molecule has 0 aromatic heterocycles. The Kier molecular flexibility index (Phi) is 8.79. The zero-order valence-electron chi connectivity index (χ0n) is 19.2. The highest BCUT2D eigenvalue weighted by Gasteiger charge is 2.22. The number of benzene rings is 4. The van der Waals surface area contributed by atoms with Crippen molar-refractivity contribution < 1.29 is 60.3 Å². The summed E-state index contributed by atoms with van der Waals surface area (Å²) in [5.74, 6) is -0.608. The minimum Gasteiger partial charge on any atom is -0.505 e. The molecule has 0 saturated heterocycles. The van der Waals surface area contributed by atoms with Crippen LogP contribution in [0.25, 0.3) is 21.5 Å². The van der Waals surface area contributed by atoms with Crippen molar-refractivity contribution in [1.29, 1.82) is 0 Å². The maximum atomic E-state index is 11.8. The van der Waals surface area contributed by atoms with E-state index < -0.39 is 35.8 Å². The Labute approximate surface area is 232 Å². The number of fused-ring (bicyclic) bond motifs is 2. The van der Waals surface area contributed by atoms with Crippen molar-refractivity contribution in [3.05, 3.63) is 48.5 Å². The first kappa shape index (κ1) is 29.9. The molecule has 4 aromatic rings. The highest BCUT2D eigenvalue weighted by molar-refractivity contribution is 7.95. The quantitative estimate of drug-likeness (QED) is 0.0333. The second kappa shape index (κ2) is 11.8. The number of nitrogen functional groups attached to an aromatic ring is 1.